The highest BCUT2D eigenvalue weighted by atomic mass is 79.9. The molecule has 0 spiro atoms. The number of anilines is 1. The first-order valence-electron chi connectivity index (χ1n) is 5.92. The normalized spacial score (nSPS) is 10.8. The predicted molar refractivity (Wildman–Crippen MR) is 78.9 cm³/mol. The van der Waals surface area contributed by atoms with Crippen LogP contribution in [0.2, 0.25) is 0 Å². The number of nitrogens with zero attached hydrogens (tertiary/aromatic N) is 2. The van der Waals surface area contributed by atoms with Crippen molar-refractivity contribution in [3.8, 4) is 28.6 Å². The van der Waals surface area contributed by atoms with Gasteiger partial charge in [-0.05, 0) is 36.4 Å². The zero-order valence-corrected chi connectivity index (χ0v) is 12.1. The number of phenolic OH excluding ortho intramolecular Hbond substituents is 1. The number of halogens is 2. The van der Waals surface area contributed by atoms with Gasteiger partial charge in [0.2, 0.25) is 5.82 Å². The van der Waals surface area contributed by atoms with Gasteiger partial charge in [-0.15, -0.1) is 0 Å². The van der Waals surface area contributed by atoms with Crippen molar-refractivity contribution in [1.82, 2.24) is 10.1 Å². The Morgan fingerprint density at radius 1 is 1.19 bits per heavy atom. The van der Waals surface area contributed by atoms with E-state index in [4.69, 9.17) is 10.3 Å². The third-order valence-electron chi connectivity index (χ3n) is 2.88. The van der Waals surface area contributed by atoms with Crippen LogP contribution < -0.4 is 5.73 Å². The van der Waals surface area contributed by atoms with Crippen LogP contribution in [0.4, 0.5) is 10.1 Å². The van der Waals surface area contributed by atoms with E-state index in [9.17, 15) is 9.50 Å². The number of hydrogen-bond acceptors (Lipinski definition) is 5. The molecule has 0 atom stereocenters. The molecule has 5 nitrogen and oxygen atoms in total. The summed E-state index contributed by atoms with van der Waals surface area (Å²) >= 11 is 3.31. The SMILES string of the molecule is Nc1cc(Br)ccc1-c1nc(-c2ccc(O)c(F)c2)no1. The summed E-state index contributed by atoms with van der Waals surface area (Å²) in [7, 11) is 0. The molecule has 1 aromatic heterocycles. The molecule has 3 N–H and O–H groups in total. The van der Waals surface area contributed by atoms with Gasteiger partial charge >= 0.3 is 0 Å². The number of hydrogen-bond donors (Lipinski definition) is 2. The highest BCUT2D eigenvalue weighted by Gasteiger charge is 2.14. The monoisotopic (exact) mass is 349 g/mol. The second-order valence-corrected chi connectivity index (χ2v) is 5.24. The number of aromatic nitrogens is 2. The largest absolute Gasteiger partial charge is 0.505 e. The lowest BCUT2D eigenvalue weighted by atomic mass is 10.2. The van der Waals surface area contributed by atoms with Gasteiger partial charge in [0, 0.05) is 15.7 Å². The molecule has 0 amide bonds. The third kappa shape index (κ3) is 2.59. The van der Waals surface area contributed by atoms with Crippen molar-refractivity contribution in [2.24, 2.45) is 0 Å². The van der Waals surface area contributed by atoms with Crippen LogP contribution >= 0.6 is 15.9 Å². The highest BCUT2D eigenvalue weighted by molar-refractivity contribution is 9.10. The van der Waals surface area contributed by atoms with Crippen LogP contribution in [0, 0.1) is 5.82 Å². The van der Waals surface area contributed by atoms with Gasteiger partial charge < -0.3 is 15.4 Å². The molecule has 0 fully saturated rings. The molecule has 0 saturated heterocycles. The third-order valence-corrected chi connectivity index (χ3v) is 3.37. The van der Waals surface area contributed by atoms with Crippen LogP contribution in [0.3, 0.4) is 0 Å². The summed E-state index contributed by atoms with van der Waals surface area (Å²) in [5.74, 6) is -0.726. The minimum absolute atomic E-state index is 0.214. The summed E-state index contributed by atoms with van der Waals surface area (Å²) in [6.45, 7) is 0. The predicted octanol–water partition coefficient (Wildman–Crippen LogP) is 3.59. The van der Waals surface area contributed by atoms with E-state index in [-0.39, 0.29) is 11.7 Å². The molecule has 0 radical (unpaired) electrons. The number of phenols is 1. The van der Waals surface area contributed by atoms with Crippen molar-refractivity contribution >= 4 is 21.6 Å². The van der Waals surface area contributed by atoms with Crippen LogP contribution in [0.1, 0.15) is 0 Å². The number of nitrogens with two attached hydrogens (primary N) is 1. The van der Waals surface area contributed by atoms with Gasteiger partial charge in [-0.3, -0.25) is 0 Å². The smallest absolute Gasteiger partial charge is 0.260 e. The maximum absolute atomic E-state index is 13.3. The first-order chi connectivity index (χ1) is 10.0. The van der Waals surface area contributed by atoms with Crippen LogP contribution in [0.5, 0.6) is 5.75 Å². The van der Waals surface area contributed by atoms with Crippen molar-refractivity contribution in [1.29, 1.82) is 0 Å². The summed E-state index contributed by atoms with van der Waals surface area (Å²) in [6, 6.07) is 9.13. The Balaban J connectivity index is 2.01. The van der Waals surface area contributed by atoms with Gasteiger partial charge in [0.25, 0.3) is 5.89 Å². The lowest BCUT2D eigenvalue weighted by molar-refractivity contribution is 0.430. The van der Waals surface area contributed by atoms with E-state index in [1.807, 2.05) is 0 Å². The van der Waals surface area contributed by atoms with E-state index in [0.717, 1.165) is 10.5 Å². The van der Waals surface area contributed by atoms with Gasteiger partial charge in [-0.1, -0.05) is 21.1 Å². The molecule has 3 rings (SSSR count). The van der Waals surface area contributed by atoms with Crippen molar-refractivity contribution < 1.29 is 14.0 Å². The Labute approximate surface area is 127 Å². The van der Waals surface area contributed by atoms with Crippen LogP contribution in [0.15, 0.2) is 45.4 Å². The molecular formula is C14H9BrFN3O2. The first kappa shape index (κ1) is 13.6. The molecule has 1 heterocycles. The van der Waals surface area contributed by atoms with E-state index in [0.29, 0.717) is 16.8 Å². The number of benzene rings is 2. The summed E-state index contributed by atoms with van der Waals surface area (Å²) in [5, 5.41) is 13.0. The van der Waals surface area contributed by atoms with E-state index < -0.39 is 11.6 Å². The molecule has 106 valence electrons. The van der Waals surface area contributed by atoms with Crippen LogP contribution in [-0.2, 0) is 0 Å². The summed E-state index contributed by atoms with van der Waals surface area (Å²) in [4.78, 5) is 4.19. The Kier molecular flexibility index (Phi) is 3.34. The first-order valence-corrected chi connectivity index (χ1v) is 6.72. The summed E-state index contributed by atoms with van der Waals surface area (Å²) < 4.78 is 19.3. The van der Waals surface area contributed by atoms with Crippen molar-refractivity contribution in [3.63, 3.8) is 0 Å². The Hall–Kier alpha value is -2.41. The Morgan fingerprint density at radius 2 is 2.00 bits per heavy atom. The zero-order chi connectivity index (χ0) is 15.0. The second kappa shape index (κ2) is 5.17. The standard InChI is InChI=1S/C14H9BrFN3O2/c15-8-2-3-9(11(17)6-8)14-18-13(19-21-14)7-1-4-12(20)10(16)5-7/h1-6,20H,17H2. The molecular weight excluding hydrogens is 341 g/mol. The highest BCUT2D eigenvalue weighted by Crippen LogP contribution is 2.29. The lowest BCUT2D eigenvalue weighted by Crippen LogP contribution is -1.90. The van der Waals surface area contributed by atoms with E-state index >= 15 is 0 Å². The number of nitrogen functional groups attached to an aromatic ring is 1. The van der Waals surface area contributed by atoms with Gasteiger partial charge in [0.15, 0.2) is 11.6 Å². The number of aromatic hydroxyl groups is 1. The van der Waals surface area contributed by atoms with E-state index in [1.165, 1.54) is 12.1 Å². The molecule has 0 aliphatic heterocycles. The van der Waals surface area contributed by atoms with Crippen molar-refractivity contribution in [2.75, 3.05) is 5.73 Å². The quantitative estimate of drug-likeness (QED) is 0.690. The molecule has 21 heavy (non-hydrogen) atoms. The topological polar surface area (TPSA) is 85.2 Å². The van der Waals surface area contributed by atoms with Gasteiger partial charge in [-0.25, -0.2) is 4.39 Å². The summed E-state index contributed by atoms with van der Waals surface area (Å²) in [6.07, 6.45) is 0. The van der Waals surface area contributed by atoms with Crippen LogP contribution in [-0.4, -0.2) is 15.2 Å². The fourth-order valence-electron chi connectivity index (χ4n) is 1.82. The van der Waals surface area contributed by atoms with Gasteiger partial charge in [0.05, 0.1) is 5.56 Å². The average Bonchev–Trinajstić information content (AvgIpc) is 2.91. The minimum atomic E-state index is -0.748. The molecule has 0 bridgehead atoms. The lowest BCUT2D eigenvalue weighted by Gasteiger charge is -2.00. The Morgan fingerprint density at radius 3 is 2.71 bits per heavy atom. The van der Waals surface area contributed by atoms with Gasteiger partial charge in [-0.2, -0.15) is 4.98 Å². The summed E-state index contributed by atoms with van der Waals surface area (Å²) in [5.41, 5.74) is 7.37. The van der Waals surface area contributed by atoms with E-state index in [1.54, 1.807) is 18.2 Å². The fraction of sp³-hybridized carbons (Fsp3) is 0. The molecule has 0 unspecified atom stereocenters. The average molecular weight is 350 g/mol. The minimum Gasteiger partial charge on any atom is -0.505 e. The second-order valence-electron chi connectivity index (χ2n) is 4.32. The zero-order valence-electron chi connectivity index (χ0n) is 10.5. The maximum Gasteiger partial charge on any atom is 0.260 e. The molecule has 0 aliphatic rings. The molecule has 7 heteroatoms. The molecule has 2 aromatic carbocycles. The number of rotatable bonds is 2. The van der Waals surface area contributed by atoms with Gasteiger partial charge in [0.1, 0.15) is 0 Å². The molecule has 0 aliphatic carbocycles. The van der Waals surface area contributed by atoms with Crippen molar-refractivity contribution in [2.45, 2.75) is 0 Å². The maximum atomic E-state index is 13.3. The van der Waals surface area contributed by atoms with Crippen molar-refractivity contribution in [3.05, 3.63) is 46.7 Å². The van der Waals surface area contributed by atoms with E-state index in [2.05, 4.69) is 26.1 Å². The Bertz CT molecular complexity index is 820. The molecule has 3 aromatic rings. The molecule has 0 saturated carbocycles. The van der Waals surface area contributed by atoms with Crippen LogP contribution in [0.25, 0.3) is 22.8 Å². The fourth-order valence-corrected chi connectivity index (χ4v) is 2.20.